The lowest BCUT2D eigenvalue weighted by Gasteiger charge is -2.04. The highest BCUT2D eigenvalue weighted by Crippen LogP contribution is 2.27. The fraction of sp³-hybridized carbons (Fsp3) is 0.133. The Hall–Kier alpha value is -1.80. The highest BCUT2D eigenvalue weighted by Gasteiger charge is 2.14. The summed E-state index contributed by atoms with van der Waals surface area (Å²) in [5.74, 6) is 5.12. The van der Waals surface area contributed by atoms with Crippen LogP contribution in [0.15, 0.2) is 29.6 Å². The maximum absolute atomic E-state index is 12.1. The fourth-order valence-electron chi connectivity index (χ4n) is 1.59. The zero-order valence-corrected chi connectivity index (χ0v) is 12.3. The molecule has 1 aromatic carbocycles. The van der Waals surface area contributed by atoms with E-state index >= 15 is 0 Å². The number of hydrogen-bond donors (Lipinski definition) is 2. The first-order chi connectivity index (χ1) is 9.61. The lowest BCUT2D eigenvalue weighted by Crippen LogP contribution is -2.10. The van der Waals surface area contributed by atoms with Gasteiger partial charge in [0, 0.05) is 11.3 Å². The number of aryl methyl sites for hydroxylation is 1. The van der Waals surface area contributed by atoms with Gasteiger partial charge >= 0.3 is 0 Å². The smallest absolute Gasteiger partial charge is 0.267 e. The Labute approximate surface area is 126 Å². The monoisotopic (exact) mass is 305 g/mol. The number of carbonyl (C=O) groups excluding carboxylic acids is 1. The largest absolute Gasteiger partial charge is 0.384 e. The van der Waals surface area contributed by atoms with E-state index in [0.29, 0.717) is 15.6 Å². The van der Waals surface area contributed by atoms with Gasteiger partial charge in [-0.2, -0.15) is 0 Å². The lowest BCUT2D eigenvalue weighted by atomic mass is 10.2. The molecule has 0 fully saturated rings. The number of thiophene rings is 1. The van der Waals surface area contributed by atoms with Crippen molar-refractivity contribution < 1.29 is 9.90 Å². The molecule has 1 heterocycles. The van der Waals surface area contributed by atoms with E-state index in [-0.39, 0.29) is 12.5 Å². The van der Waals surface area contributed by atoms with Gasteiger partial charge in [0.1, 0.15) is 11.5 Å². The van der Waals surface area contributed by atoms with Crippen molar-refractivity contribution in [2.75, 3.05) is 11.9 Å². The minimum Gasteiger partial charge on any atom is -0.384 e. The molecule has 1 amide bonds. The molecule has 0 radical (unpaired) electrons. The summed E-state index contributed by atoms with van der Waals surface area (Å²) in [5, 5.41) is 13.8. The molecule has 0 atom stereocenters. The molecule has 0 saturated heterocycles. The van der Waals surface area contributed by atoms with Crippen LogP contribution >= 0.6 is 22.9 Å². The number of carbonyl (C=O) groups is 1. The number of nitrogens with one attached hydrogen (secondary N) is 1. The van der Waals surface area contributed by atoms with Crippen LogP contribution in [0.2, 0.25) is 5.02 Å². The minimum absolute atomic E-state index is 0.194. The molecular formula is C15H12ClNO2S. The van der Waals surface area contributed by atoms with Gasteiger partial charge in [0.2, 0.25) is 0 Å². The van der Waals surface area contributed by atoms with Gasteiger partial charge in [-0.05, 0) is 36.1 Å². The van der Waals surface area contributed by atoms with Crippen LogP contribution in [0.5, 0.6) is 0 Å². The summed E-state index contributed by atoms with van der Waals surface area (Å²) in [7, 11) is 0. The van der Waals surface area contributed by atoms with Crippen LogP contribution in [0.1, 0.15) is 20.8 Å². The molecule has 0 aliphatic carbocycles. The van der Waals surface area contributed by atoms with E-state index in [1.54, 1.807) is 24.3 Å². The number of hydrogen-bond acceptors (Lipinski definition) is 3. The van der Waals surface area contributed by atoms with Crippen molar-refractivity contribution in [3.8, 4) is 11.8 Å². The molecule has 5 heteroatoms. The van der Waals surface area contributed by atoms with Crippen LogP contribution in [0, 0.1) is 18.8 Å². The summed E-state index contributed by atoms with van der Waals surface area (Å²) in [6.07, 6.45) is 0. The fourth-order valence-corrected chi connectivity index (χ4v) is 2.76. The van der Waals surface area contributed by atoms with E-state index in [0.717, 1.165) is 11.1 Å². The van der Waals surface area contributed by atoms with Crippen LogP contribution in [-0.2, 0) is 0 Å². The summed E-state index contributed by atoms with van der Waals surface area (Å²) in [6.45, 7) is 1.67. The topological polar surface area (TPSA) is 49.3 Å². The average molecular weight is 306 g/mol. The Balaban J connectivity index is 2.18. The minimum atomic E-state index is -0.236. The van der Waals surface area contributed by atoms with Gasteiger partial charge in [-0.25, -0.2) is 0 Å². The number of anilines is 1. The van der Waals surface area contributed by atoms with E-state index in [1.165, 1.54) is 11.3 Å². The quantitative estimate of drug-likeness (QED) is 0.836. The Morgan fingerprint density at radius 3 is 2.95 bits per heavy atom. The Kier molecular flexibility index (Phi) is 4.80. The predicted molar refractivity (Wildman–Crippen MR) is 82.4 cm³/mol. The zero-order valence-electron chi connectivity index (χ0n) is 10.7. The third-order valence-corrected chi connectivity index (χ3v) is 4.23. The first-order valence-electron chi connectivity index (χ1n) is 5.86. The molecule has 0 aliphatic rings. The second kappa shape index (κ2) is 6.58. The van der Waals surface area contributed by atoms with Crippen molar-refractivity contribution in [2.45, 2.75) is 6.92 Å². The van der Waals surface area contributed by atoms with Gasteiger partial charge < -0.3 is 10.4 Å². The Morgan fingerprint density at radius 2 is 2.30 bits per heavy atom. The summed E-state index contributed by atoms with van der Waals surface area (Å²) >= 11 is 7.39. The third-order valence-electron chi connectivity index (χ3n) is 2.54. The SMILES string of the molecule is Cc1csc(C(=O)Nc2cccc(C#CCO)c2)c1Cl. The van der Waals surface area contributed by atoms with Crippen molar-refractivity contribution in [3.05, 3.63) is 50.7 Å². The van der Waals surface area contributed by atoms with E-state index < -0.39 is 0 Å². The predicted octanol–water partition coefficient (Wildman–Crippen LogP) is 3.31. The zero-order chi connectivity index (χ0) is 14.5. The maximum atomic E-state index is 12.1. The van der Waals surface area contributed by atoms with Crippen molar-refractivity contribution in [1.82, 2.24) is 0 Å². The van der Waals surface area contributed by atoms with E-state index in [9.17, 15) is 4.79 Å². The number of aliphatic hydroxyl groups is 1. The molecule has 0 spiro atoms. The van der Waals surface area contributed by atoms with E-state index in [1.807, 2.05) is 12.3 Å². The van der Waals surface area contributed by atoms with Crippen LogP contribution in [-0.4, -0.2) is 17.6 Å². The summed E-state index contributed by atoms with van der Waals surface area (Å²) in [5.41, 5.74) is 2.26. The standard InChI is InChI=1S/C15H12ClNO2S/c1-10-9-20-14(13(10)16)15(19)17-12-6-2-4-11(8-12)5-3-7-18/h2,4,6,8-9,18H,7H2,1H3,(H,17,19). The summed E-state index contributed by atoms with van der Waals surface area (Å²) in [4.78, 5) is 12.6. The molecule has 0 saturated carbocycles. The van der Waals surface area contributed by atoms with Gasteiger partial charge in [0.25, 0.3) is 5.91 Å². The van der Waals surface area contributed by atoms with Crippen molar-refractivity contribution in [1.29, 1.82) is 0 Å². The van der Waals surface area contributed by atoms with E-state index in [4.69, 9.17) is 16.7 Å². The molecule has 102 valence electrons. The summed E-state index contributed by atoms with van der Waals surface area (Å²) in [6, 6.07) is 7.12. The van der Waals surface area contributed by atoms with Gasteiger partial charge in [-0.1, -0.05) is 29.5 Å². The molecule has 2 rings (SSSR count). The molecule has 20 heavy (non-hydrogen) atoms. The highest BCUT2D eigenvalue weighted by molar-refractivity contribution is 7.13. The number of rotatable bonds is 2. The van der Waals surface area contributed by atoms with E-state index in [2.05, 4.69) is 17.2 Å². The Bertz CT molecular complexity index is 697. The first kappa shape index (κ1) is 14.6. The van der Waals surface area contributed by atoms with Crippen LogP contribution < -0.4 is 5.32 Å². The number of halogens is 1. The highest BCUT2D eigenvalue weighted by atomic mass is 35.5. The lowest BCUT2D eigenvalue weighted by molar-refractivity contribution is 0.103. The van der Waals surface area contributed by atoms with Gasteiger partial charge in [0.15, 0.2) is 0 Å². The Morgan fingerprint density at radius 1 is 1.50 bits per heavy atom. The first-order valence-corrected chi connectivity index (χ1v) is 7.12. The van der Waals surface area contributed by atoms with Crippen molar-refractivity contribution in [2.24, 2.45) is 0 Å². The normalized spacial score (nSPS) is 9.75. The van der Waals surface area contributed by atoms with Gasteiger partial charge in [-0.15, -0.1) is 11.3 Å². The van der Waals surface area contributed by atoms with Crippen molar-refractivity contribution >= 4 is 34.5 Å². The van der Waals surface area contributed by atoms with Gasteiger partial charge in [0.05, 0.1) is 5.02 Å². The molecule has 0 aliphatic heterocycles. The van der Waals surface area contributed by atoms with Crippen molar-refractivity contribution in [3.63, 3.8) is 0 Å². The summed E-state index contributed by atoms with van der Waals surface area (Å²) < 4.78 is 0. The maximum Gasteiger partial charge on any atom is 0.267 e. The molecule has 0 bridgehead atoms. The average Bonchev–Trinajstić information content (AvgIpc) is 2.77. The number of amides is 1. The molecule has 2 aromatic rings. The second-order valence-electron chi connectivity index (χ2n) is 4.06. The van der Waals surface area contributed by atoms with Crippen LogP contribution in [0.25, 0.3) is 0 Å². The molecule has 2 N–H and O–H groups in total. The number of benzene rings is 1. The van der Waals surface area contributed by atoms with Crippen LogP contribution in [0.3, 0.4) is 0 Å². The van der Waals surface area contributed by atoms with Gasteiger partial charge in [-0.3, -0.25) is 4.79 Å². The molecular weight excluding hydrogens is 294 g/mol. The van der Waals surface area contributed by atoms with Crippen LogP contribution in [0.4, 0.5) is 5.69 Å². The number of aliphatic hydroxyl groups excluding tert-OH is 1. The second-order valence-corrected chi connectivity index (χ2v) is 5.31. The third kappa shape index (κ3) is 3.40. The molecule has 3 nitrogen and oxygen atoms in total. The molecule has 1 aromatic heterocycles. The molecule has 0 unspecified atom stereocenters.